The van der Waals surface area contributed by atoms with Crippen LogP contribution in [0.3, 0.4) is 0 Å². The van der Waals surface area contributed by atoms with Crippen molar-refractivity contribution in [3.05, 3.63) is 35.8 Å². The Morgan fingerprint density at radius 3 is 2.94 bits per heavy atom. The third-order valence-corrected chi connectivity index (χ3v) is 4.80. The number of aromatic nitrogens is 2. The van der Waals surface area contributed by atoms with E-state index >= 15 is 0 Å². The molecular weight excluding hydrogens is 224 g/mol. The molecule has 2 saturated carbocycles. The number of pyridine rings is 1. The molecule has 0 saturated heterocycles. The molecule has 3 heteroatoms. The van der Waals surface area contributed by atoms with Crippen LogP contribution in [0.4, 0.5) is 0 Å². The van der Waals surface area contributed by atoms with Gasteiger partial charge in [-0.3, -0.25) is 9.20 Å². The van der Waals surface area contributed by atoms with Crippen LogP contribution in [0.15, 0.2) is 24.4 Å². The first-order valence-electron chi connectivity index (χ1n) is 6.79. The van der Waals surface area contributed by atoms with Gasteiger partial charge in [0.1, 0.15) is 11.3 Å². The lowest BCUT2D eigenvalue weighted by atomic mass is 9.86. The van der Waals surface area contributed by atoms with Gasteiger partial charge < -0.3 is 0 Å². The third kappa shape index (κ3) is 1.30. The van der Waals surface area contributed by atoms with Gasteiger partial charge in [-0.2, -0.15) is 0 Å². The zero-order valence-corrected chi connectivity index (χ0v) is 10.2. The molecule has 0 radical (unpaired) electrons. The number of nitrogens with zero attached hydrogens (tertiary/aromatic N) is 2. The number of carbonyl (C=O) groups is 1. The van der Waals surface area contributed by atoms with Gasteiger partial charge in [0.05, 0.1) is 5.69 Å². The van der Waals surface area contributed by atoms with Crippen LogP contribution >= 0.6 is 0 Å². The van der Waals surface area contributed by atoms with Crippen molar-refractivity contribution in [3.8, 4) is 0 Å². The van der Waals surface area contributed by atoms with Crippen LogP contribution in [-0.2, 0) is 0 Å². The average molecular weight is 240 g/mol. The number of hydrogen-bond donors (Lipinski definition) is 0. The van der Waals surface area contributed by atoms with E-state index in [9.17, 15) is 4.79 Å². The number of rotatable bonds is 2. The van der Waals surface area contributed by atoms with E-state index in [1.54, 1.807) is 0 Å². The first-order chi connectivity index (χ1) is 8.86. The molecular formula is C15H16N2O. The molecule has 2 aliphatic rings. The summed E-state index contributed by atoms with van der Waals surface area (Å²) in [5.41, 5.74) is 2.71. The molecule has 3 unspecified atom stereocenters. The van der Waals surface area contributed by atoms with Gasteiger partial charge in [-0.05, 0) is 43.2 Å². The zero-order valence-electron chi connectivity index (χ0n) is 10.2. The summed E-state index contributed by atoms with van der Waals surface area (Å²) < 4.78 is 1.92. The summed E-state index contributed by atoms with van der Waals surface area (Å²) >= 11 is 0. The van der Waals surface area contributed by atoms with Gasteiger partial charge in [-0.1, -0.05) is 12.5 Å². The molecule has 0 amide bonds. The van der Waals surface area contributed by atoms with Gasteiger partial charge in [0.15, 0.2) is 6.29 Å². The number of carbonyl (C=O) groups excluding carboxylic acids is 1. The van der Waals surface area contributed by atoms with E-state index < -0.39 is 0 Å². The number of hydrogen-bond acceptors (Lipinski definition) is 2. The second-order valence-electron chi connectivity index (χ2n) is 5.71. The second kappa shape index (κ2) is 3.67. The molecule has 18 heavy (non-hydrogen) atoms. The van der Waals surface area contributed by atoms with Crippen LogP contribution in [0.2, 0.25) is 0 Å². The summed E-state index contributed by atoms with van der Waals surface area (Å²) in [4.78, 5) is 16.1. The van der Waals surface area contributed by atoms with E-state index in [0.717, 1.165) is 35.2 Å². The highest BCUT2D eigenvalue weighted by molar-refractivity contribution is 5.77. The molecule has 3 nitrogen and oxygen atoms in total. The lowest BCUT2D eigenvalue weighted by Gasteiger charge is -2.20. The summed E-state index contributed by atoms with van der Waals surface area (Å²) in [6.07, 6.45) is 8.18. The van der Waals surface area contributed by atoms with Crippen LogP contribution in [0, 0.1) is 11.8 Å². The minimum atomic E-state index is 0.517. The lowest BCUT2D eigenvalue weighted by molar-refractivity contribution is 0.111. The van der Waals surface area contributed by atoms with E-state index in [-0.39, 0.29) is 0 Å². The maximum absolute atomic E-state index is 11.4. The fourth-order valence-electron chi connectivity index (χ4n) is 4.00. The third-order valence-electron chi connectivity index (χ3n) is 4.80. The first-order valence-corrected chi connectivity index (χ1v) is 6.79. The van der Waals surface area contributed by atoms with Gasteiger partial charge >= 0.3 is 0 Å². The molecule has 2 aliphatic carbocycles. The summed E-state index contributed by atoms with van der Waals surface area (Å²) in [7, 11) is 0. The second-order valence-corrected chi connectivity index (χ2v) is 5.71. The maximum Gasteiger partial charge on any atom is 0.168 e. The van der Waals surface area contributed by atoms with E-state index in [0.29, 0.717) is 5.92 Å². The Hall–Kier alpha value is -1.64. The predicted molar refractivity (Wildman–Crippen MR) is 68.8 cm³/mol. The SMILES string of the molecule is O=Cc1c(C2CC3CCC2C3)nc2ccccn12. The minimum Gasteiger partial charge on any atom is -0.297 e. The molecule has 0 aliphatic heterocycles. The maximum atomic E-state index is 11.4. The van der Waals surface area contributed by atoms with Crippen molar-refractivity contribution in [2.45, 2.75) is 31.6 Å². The molecule has 0 spiro atoms. The lowest BCUT2D eigenvalue weighted by Crippen LogP contribution is -2.11. The minimum absolute atomic E-state index is 0.517. The Bertz CT molecular complexity index is 616. The van der Waals surface area contributed by atoms with Crippen LogP contribution in [0.1, 0.15) is 47.8 Å². The Kier molecular flexibility index (Phi) is 2.10. The van der Waals surface area contributed by atoms with Crippen LogP contribution < -0.4 is 0 Å². The van der Waals surface area contributed by atoms with E-state index in [1.165, 1.54) is 25.7 Å². The fraction of sp³-hybridized carbons (Fsp3) is 0.467. The molecule has 92 valence electrons. The topological polar surface area (TPSA) is 34.4 Å². The molecule has 2 heterocycles. The normalized spacial score (nSPS) is 30.1. The Morgan fingerprint density at radius 1 is 1.28 bits per heavy atom. The van der Waals surface area contributed by atoms with Crippen molar-refractivity contribution in [1.82, 2.24) is 9.38 Å². The summed E-state index contributed by atoms with van der Waals surface area (Å²) in [5.74, 6) is 2.16. The smallest absolute Gasteiger partial charge is 0.168 e. The molecule has 0 N–H and O–H groups in total. The molecule has 2 aromatic heterocycles. The standard InChI is InChI=1S/C15H16N2O/c18-9-13-15(12-8-10-4-5-11(12)7-10)16-14-3-1-2-6-17(13)14/h1-3,6,9-12H,4-5,7-8H2. The molecule has 2 fully saturated rings. The first kappa shape index (κ1) is 10.3. The summed E-state index contributed by atoms with van der Waals surface area (Å²) in [6.45, 7) is 0. The Labute approximate surface area is 106 Å². The average Bonchev–Trinajstić information content (AvgIpc) is 3.10. The Morgan fingerprint density at radius 2 is 2.22 bits per heavy atom. The predicted octanol–water partition coefficient (Wildman–Crippen LogP) is 3.05. The van der Waals surface area contributed by atoms with Crippen LogP contribution in [0.5, 0.6) is 0 Å². The van der Waals surface area contributed by atoms with Gasteiger partial charge in [-0.25, -0.2) is 4.98 Å². The fourth-order valence-corrected chi connectivity index (χ4v) is 4.00. The summed E-state index contributed by atoms with van der Waals surface area (Å²) in [6, 6.07) is 5.90. The molecule has 2 bridgehead atoms. The van der Waals surface area contributed by atoms with E-state index in [1.807, 2.05) is 28.8 Å². The monoisotopic (exact) mass is 240 g/mol. The molecule has 2 aromatic rings. The number of fused-ring (bicyclic) bond motifs is 3. The van der Waals surface area contributed by atoms with Gasteiger partial charge in [-0.15, -0.1) is 0 Å². The highest BCUT2D eigenvalue weighted by Gasteiger charge is 2.42. The van der Waals surface area contributed by atoms with Crippen LogP contribution in [-0.4, -0.2) is 15.7 Å². The highest BCUT2D eigenvalue weighted by Crippen LogP contribution is 2.53. The quantitative estimate of drug-likeness (QED) is 0.756. The van der Waals surface area contributed by atoms with Crippen molar-refractivity contribution in [2.24, 2.45) is 11.8 Å². The molecule has 3 atom stereocenters. The summed E-state index contributed by atoms with van der Waals surface area (Å²) in [5, 5.41) is 0. The zero-order chi connectivity index (χ0) is 12.1. The van der Waals surface area contributed by atoms with Gasteiger partial charge in [0.2, 0.25) is 0 Å². The van der Waals surface area contributed by atoms with Crippen molar-refractivity contribution < 1.29 is 4.79 Å². The van der Waals surface area contributed by atoms with Crippen molar-refractivity contribution >= 4 is 11.9 Å². The van der Waals surface area contributed by atoms with E-state index in [4.69, 9.17) is 4.98 Å². The molecule has 0 aromatic carbocycles. The van der Waals surface area contributed by atoms with Crippen LogP contribution in [0.25, 0.3) is 5.65 Å². The number of aldehydes is 1. The molecule has 4 rings (SSSR count). The van der Waals surface area contributed by atoms with Gasteiger partial charge in [0, 0.05) is 12.1 Å². The van der Waals surface area contributed by atoms with Gasteiger partial charge in [0.25, 0.3) is 0 Å². The van der Waals surface area contributed by atoms with E-state index in [2.05, 4.69) is 0 Å². The number of imidazole rings is 1. The Balaban J connectivity index is 1.87. The van der Waals surface area contributed by atoms with Crippen molar-refractivity contribution in [2.75, 3.05) is 0 Å². The van der Waals surface area contributed by atoms with Crippen molar-refractivity contribution in [1.29, 1.82) is 0 Å². The largest absolute Gasteiger partial charge is 0.297 e. The van der Waals surface area contributed by atoms with Crippen molar-refractivity contribution in [3.63, 3.8) is 0 Å². The highest BCUT2D eigenvalue weighted by atomic mass is 16.1.